The van der Waals surface area contributed by atoms with Gasteiger partial charge in [0.1, 0.15) is 10.6 Å². The van der Waals surface area contributed by atoms with Crippen molar-refractivity contribution in [3.8, 4) is 11.5 Å². The second-order valence-electron chi connectivity index (χ2n) is 11.0. The molecule has 3 heterocycles. The minimum atomic E-state index is -3.79. The van der Waals surface area contributed by atoms with Gasteiger partial charge in [-0.05, 0) is 74.3 Å². The van der Waals surface area contributed by atoms with Crippen LogP contribution in [0.1, 0.15) is 53.6 Å². The number of carbonyl (C=O) groups is 1. The van der Waals surface area contributed by atoms with E-state index in [-0.39, 0.29) is 16.4 Å². The predicted octanol–water partition coefficient (Wildman–Crippen LogP) is 5.99. The quantitative estimate of drug-likeness (QED) is 0.426. The van der Waals surface area contributed by atoms with Gasteiger partial charge in [-0.15, -0.1) is 0 Å². The Morgan fingerprint density at radius 1 is 0.897 bits per heavy atom. The van der Waals surface area contributed by atoms with Crippen LogP contribution in [0.3, 0.4) is 0 Å². The van der Waals surface area contributed by atoms with E-state index in [0.717, 1.165) is 57.2 Å². The Bertz CT molecular complexity index is 1480. The molecule has 2 saturated heterocycles. The van der Waals surface area contributed by atoms with E-state index in [2.05, 4.69) is 34.5 Å². The molecule has 0 aromatic heterocycles. The molecule has 3 aromatic carbocycles. The summed E-state index contributed by atoms with van der Waals surface area (Å²) < 4.78 is 35.9. The van der Waals surface area contributed by atoms with Crippen molar-refractivity contribution in [3.63, 3.8) is 0 Å². The highest BCUT2D eigenvalue weighted by Gasteiger charge is 2.34. The highest BCUT2D eigenvalue weighted by Crippen LogP contribution is 2.42. The van der Waals surface area contributed by atoms with E-state index in [1.165, 1.54) is 5.56 Å². The maximum Gasteiger partial charge on any atom is 0.259 e. The Balaban J connectivity index is 1.36. The molecular weight excluding hydrogens is 510 g/mol. The molecule has 0 saturated carbocycles. The molecule has 3 aliphatic rings. The van der Waals surface area contributed by atoms with Crippen molar-refractivity contribution in [2.45, 2.75) is 50.3 Å². The standard InChI is InChI=1S/C31H35N3O4S/c1-22-10-11-28-26(18-22)32-31(35)25-20-30(39(36,37)34-14-6-3-7-15-34)27(21-29(25)38-28)33-16-12-24(13-17-33)19-23-8-4-2-5-9-23/h2,4-5,8-11,18,20-21,24H,3,6-7,12-17,19H2,1H3,(H,32,35). The molecule has 3 aliphatic heterocycles. The zero-order valence-electron chi connectivity index (χ0n) is 22.4. The lowest BCUT2D eigenvalue weighted by Gasteiger charge is -2.36. The molecule has 2 fully saturated rings. The fourth-order valence-electron chi connectivity index (χ4n) is 5.97. The van der Waals surface area contributed by atoms with Crippen molar-refractivity contribution >= 4 is 27.3 Å². The summed E-state index contributed by atoms with van der Waals surface area (Å²) in [4.78, 5) is 15.7. The van der Waals surface area contributed by atoms with Crippen molar-refractivity contribution in [2.75, 3.05) is 36.4 Å². The third-order valence-corrected chi connectivity index (χ3v) is 10.1. The second-order valence-corrected chi connectivity index (χ2v) is 12.9. The number of hydrogen-bond acceptors (Lipinski definition) is 5. The fourth-order valence-corrected chi connectivity index (χ4v) is 7.71. The Morgan fingerprint density at radius 2 is 1.64 bits per heavy atom. The van der Waals surface area contributed by atoms with Crippen molar-refractivity contribution in [2.24, 2.45) is 5.92 Å². The average molecular weight is 546 g/mol. The molecule has 0 atom stereocenters. The molecule has 7 nitrogen and oxygen atoms in total. The molecule has 6 rings (SSSR count). The lowest BCUT2D eigenvalue weighted by molar-refractivity contribution is 0.102. The van der Waals surface area contributed by atoms with Gasteiger partial charge in [-0.1, -0.05) is 42.8 Å². The molecule has 8 heteroatoms. The van der Waals surface area contributed by atoms with Crippen LogP contribution in [0.25, 0.3) is 0 Å². The molecule has 1 amide bonds. The van der Waals surface area contributed by atoms with Crippen molar-refractivity contribution < 1.29 is 17.9 Å². The van der Waals surface area contributed by atoms with Crippen molar-refractivity contribution in [3.05, 3.63) is 77.4 Å². The summed E-state index contributed by atoms with van der Waals surface area (Å²) in [5.41, 5.74) is 3.78. The van der Waals surface area contributed by atoms with Crippen LogP contribution >= 0.6 is 0 Å². The number of fused-ring (bicyclic) bond motifs is 2. The van der Waals surface area contributed by atoms with Crippen LogP contribution in [0, 0.1) is 12.8 Å². The zero-order valence-corrected chi connectivity index (χ0v) is 23.2. The fraction of sp³-hybridized carbons (Fsp3) is 0.387. The molecule has 0 bridgehead atoms. The minimum Gasteiger partial charge on any atom is -0.454 e. The summed E-state index contributed by atoms with van der Waals surface area (Å²) in [7, 11) is -3.79. The zero-order chi connectivity index (χ0) is 27.0. The van der Waals surface area contributed by atoms with Gasteiger partial charge in [0.2, 0.25) is 10.0 Å². The van der Waals surface area contributed by atoms with Crippen molar-refractivity contribution in [1.29, 1.82) is 0 Å². The molecule has 0 spiro atoms. The van der Waals surface area contributed by atoms with Crippen LogP contribution in [0.5, 0.6) is 11.5 Å². The van der Waals surface area contributed by atoms with Gasteiger partial charge in [0.15, 0.2) is 5.75 Å². The van der Waals surface area contributed by atoms with E-state index in [1.807, 2.05) is 31.2 Å². The van der Waals surface area contributed by atoms with Crippen LogP contribution in [-0.4, -0.2) is 44.8 Å². The van der Waals surface area contributed by atoms with Gasteiger partial charge in [-0.2, -0.15) is 4.31 Å². The molecule has 204 valence electrons. The normalized spacial score (nSPS) is 18.5. The number of hydrogen-bond donors (Lipinski definition) is 1. The van der Waals surface area contributed by atoms with Crippen LogP contribution < -0.4 is 15.0 Å². The summed E-state index contributed by atoms with van der Waals surface area (Å²) >= 11 is 0. The van der Waals surface area contributed by atoms with Gasteiger partial charge in [0, 0.05) is 32.2 Å². The summed E-state index contributed by atoms with van der Waals surface area (Å²) in [5, 5.41) is 2.92. The second kappa shape index (κ2) is 10.7. The number of amides is 1. The Labute approximate surface area is 230 Å². The van der Waals surface area contributed by atoms with Crippen LogP contribution in [0.2, 0.25) is 0 Å². The van der Waals surface area contributed by atoms with E-state index >= 15 is 0 Å². The van der Waals surface area contributed by atoms with Crippen LogP contribution in [0.15, 0.2) is 65.6 Å². The number of aryl methyl sites for hydroxylation is 1. The predicted molar refractivity (Wildman–Crippen MR) is 153 cm³/mol. The monoisotopic (exact) mass is 545 g/mol. The number of piperidine rings is 2. The van der Waals surface area contributed by atoms with Gasteiger partial charge in [0.05, 0.1) is 16.9 Å². The molecule has 0 unspecified atom stereocenters. The largest absolute Gasteiger partial charge is 0.454 e. The number of sulfonamides is 1. The topological polar surface area (TPSA) is 79.0 Å². The lowest BCUT2D eigenvalue weighted by atomic mass is 9.90. The average Bonchev–Trinajstić information content (AvgIpc) is 3.08. The molecule has 3 aromatic rings. The Kier molecular flexibility index (Phi) is 7.08. The SMILES string of the molecule is Cc1ccc2c(c1)NC(=O)c1cc(S(=O)(=O)N3CCCCC3)c(N3CCC(Cc4ccccc4)CC3)cc1O2. The number of rotatable bonds is 5. The number of benzene rings is 3. The number of ether oxygens (including phenoxy) is 1. The van der Waals surface area contributed by atoms with E-state index < -0.39 is 10.0 Å². The maximum absolute atomic E-state index is 14.0. The molecule has 1 N–H and O–H groups in total. The van der Waals surface area contributed by atoms with Gasteiger partial charge < -0.3 is 15.0 Å². The molecule has 0 radical (unpaired) electrons. The van der Waals surface area contributed by atoms with Crippen LogP contribution in [-0.2, 0) is 16.4 Å². The van der Waals surface area contributed by atoms with Gasteiger partial charge >= 0.3 is 0 Å². The first-order valence-electron chi connectivity index (χ1n) is 14.0. The highest BCUT2D eigenvalue weighted by atomic mass is 32.2. The van der Waals surface area contributed by atoms with Gasteiger partial charge in [0.25, 0.3) is 5.91 Å². The summed E-state index contributed by atoms with van der Waals surface area (Å²) in [6.45, 7) is 4.46. The first-order chi connectivity index (χ1) is 18.9. The third kappa shape index (κ3) is 5.28. The summed E-state index contributed by atoms with van der Waals surface area (Å²) in [6.07, 6.45) is 5.70. The lowest BCUT2D eigenvalue weighted by Crippen LogP contribution is -2.39. The summed E-state index contributed by atoms with van der Waals surface area (Å²) in [6, 6.07) is 19.5. The first kappa shape index (κ1) is 25.9. The highest BCUT2D eigenvalue weighted by molar-refractivity contribution is 7.89. The molecular formula is C31H35N3O4S. The smallest absolute Gasteiger partial charge is 0.259 e. The van der Waals surface area contributed by atoms with Gasteiger partial charge in [-0.3, -0.25) is 4.79 Å². The molecule has 39 heavy (non-hydrogen) atoms. The Hall–Kier alpha value is -3.36. The van der Waals surface area contributed by atoms with E-state index in [0.29, 0.717) is 41.9 Å². The number of carbonyl (C=O) groups excluding carboxylic acids is 1. The number of nitrogens with zero attached hydrogens (tertiary/aromatic N) is 2. The first-order valence-corrected chi connectivity index (χ1v) is 15.4. The number of nitrogens with one attached hydrogen (secondary N) is 1. The third-order valence-electron chi connectivity index (χ3n) is 8.16. The van der Waals surface area contributed by atoms with E-state index in [9.17, 15) is 13.2 Å². The van der Waals surface area contributed by atoms with E-state index in [1.54, 1.807) is 16.4 Å². The minimum absolute atomic E-state index is 0.200. The van der Waals surface area contributed by atoms with Crippen LogP contribution in [0.4, 0.5) is 11.4 Å². The van der Waals surface area contributed by atoms with E-state index in [4.69, 9.17) is 4.74 Å². The summed E-state index contributed by atoms with van der Waals surface area (Å²) in [5.74, 6) is 1.11. The Morgan fingerprint density at radius 3 is 2.38 bits per heavy atom. The molecule has 0 aliphatic carbocycles. The maximum atomic E-state index is 14.0. The number of anilines is 2. The van der Waals surface area contributed by atoms with Gasteiger partial charge in [-0.25, -0.2) is 8.42 Å². The van der Waals surface area contributed by atoms with Crippen molar-refractivity contribution in [1.82, 2.24) is 4.31 Å².